The molecule has 0 bridgehead atoms. The molecule has 2 aromatic carbocycles. The van der Waals surface area contributed by atoms with Gasteiger partial charge >= 0.3 is 0 Å². The van der Waals surface area contributed by atoms with E-state index in [1.54, 1.807) is 12.1 Å². The van der Waals surface area contributed by atoms with Crippen LogP contribution in [-0.2, 0) is 4.79 Å². The zero-order chi connectivity index (χ0) is 19.7. The number of para-hydroxylation sites is 2. The highest BCUT2D eigenvalue weighted by atomic mass is 16.5. The van der Waals surface area contributed by atoms with Crippen molar-refractivity contribution in [2.45, 2.75) is 32.3 Å². The van der Waals surface area contributed by atoms with Crippen LogP contribution in [0.1, 0.15) is 31.7 Å². The van der Waals surface area contributed by atoms with Gasteiger partial charge in [0.1, 0.15) is 11.5 Å². The summed E-state index contributed by atoms with van der Waals surface area (Å²) in [6.07, 6.45) is 1.02. The lowest BCUT2D eigenvalue weighted by Crippen LogP contribution is -2.49. The van der Waals surface area contributed by atoms with Crippen LogP contribution >= 0.6 is 0 Å². The number of rotatable bonds is 5. The van der Waals surface area contributed by atoms with E-state index >= 15 is 0 Å². The van der Waals surface area contributed by atoms with Crippen molar-refractivity contribution < 1.29 is 14.6 Å². The predicted octanol–water partition coefficient (Wildman–Crippen LogP) is 3.63. The monoisotopic (exact) mass is 380 g/mol. The van der Waals surface area contributed by atoms with Crippen LogP contribution in [0.3, 0.4) is 0 Å². The van der Waals surface area contributed by atoms with Crippen molar-refractivity contribution in [1.29, 1.82) is 0 Å². The van der Waals surface area contributed by atoms with Gasteiger partial charge in [0.25, 0.3) is 0 Å². The van der Waals surface area contributed by atoms with Gasteiger partial charge in [-0.3, -0.25) is 4.79 Å². The molecule has 1 saturated heterocycles. The Balaban J connectivity index is 1.36. The number of piperazine rings is 1. The Labute approximate surface area is 166 Å². The van der Waals surface area contributed by atoms with Gasteiger partial charge in [0, 0.05) is 32.1 Å². The molecule has 1 aliphatic carbocycles. The van der Waals surface area contributed by atoms with Crippen molar-refractivity contribution in [2.75, 3.05) is 31.1 Å². The minimum absolute atomic E-state index is 0.0601. The van der Waals surface area contributed by atoms with Gasteiger partial charge in [-0.1, -0.05) is 24.3 Å². The molecule has 5 heteroatoms. The summed E-state index contributed by atoms with van der Waals surface area (Å²) in [5.41, 5.74) is 2.17. The molecule has 2 fully saturated rings. The molecule has 0 radical (unpaired) electrons. The predicted molar refractivity (Wildman–Crippen MR) is 110 cm³/mol. The molecule has 1 amide bonds. The van der Waals surface area contributed by atoms with Gasteiger partial charge in [0.05, 0.1) is 11.8 Å². The zero-order valence-electron chi connectivity index (χ0n) is 16.5. The minimum atomic E-state index is 0.0601. The summed E-state index contributed by atoms with van der Waals surface area (Å²) in [6, 6.07) is 15.4. The molecule has 2 atom stereocenters. The van der Waals surface area contributed by atoms with Gasteiger partial charge in [-0.2, -0.15) is 0 Å². The number of phenolic OH excluding ortho intramolecular Hbond substituents is 1. The molecule has 4 rings (SSSR count). The van der Waals surface area contributed by atoms with Crippen molar-refractivity contribution in [3.8, 4) is 11.5 Å². The number of nitrogens with zero attached hydrogens (tertiary/aromatic N) is 2. The standard InChI is InChI=1S/C23H28N2O3/c1-16(2)28-22-9-4-3-8-21(22)24-10-12-25(13-11-24)23(27)20-15-19(20)17-6-5-7-18(26)14-17/h3-9,14,16,19-20,26H,10-13,15H2,1-2H3/t19-,20+/m0/s1. The Morgan fingerprint density at radius 1 is 1.07 bits per heavy atom. The molecule has 0 unspecified atom stereocenters. The summed E-state index contributed by atoms with van der Waals surface area (Å²) in [6.45, 7) is 7.16. The highest BCUT2D eigenvalue weighted by molar-refractivity contribution is 5.83. The Kier molecular flexibility index (Phi) is 5.16. The lowest BCUT2D eigenvalue weighted by Gasteiger charge is -2.37. The third kappa shape index (κ3) is 3.93. The number of aromatic hydroxyl groups is 1. The van der Waals surface area contributed by atoms with E-state index in [9.17, 15) is 9.90 Å². The Bertz CT molecular complexity index is 843. The van der Waals surface area contributed by atoms with Gasteiger partial charge in [0.2, 0.25) is 5.91 Å². The van der Waals surface area contributed by atoms with Crippen LogP contribution in [0.2, 0.25) is 0 Å². The Morgan fingerprint density at radius 2 is 1.82 bits per heavy atom. The highest BCUT2D eigenvalue weighted by Gasteiger charge is 2.46. The minimum Gasteiger partial charge on any atom is -0.508 e. The van der Waals surface area contributed by atoms with Crippen LogP contribution < -0.4 is 9.64 Å². The molecule has 2 aromatic rings. The van der Waals surface area contributed by atoms with E-state index in [4.69, 9.17) is 4.74 Å². The number of phenols is 1. The maximum Gasteiger partial charge on any atom is 0.226 e. The summed E-state index contributed by atoms with van der Waals surface area (Å²) in [5, 5.41) is 9.67. The molecule has 0 spiro atoms. The average molecular weight is 380 g/mol. The van der Waals surface area contributed by atoms with Crippen molar-refractivity contribution in [2.24, 2.45) is 5.92 Å². The van der Waals surface area contributed by atoms with Crippen LogP contribution in [-0.4, -0.2) is 48.2 Å². The van der Waals surface area contributed by atoms with Crippen molar-refractivity contribution >= 4 is 11.6 Å². The number of hydrogen-bond donors (Lipinski definition) is 1. The third-order valence-electron chi connectivity index (χ3n) is 5.57. The zero-order valence-corrected chi connectivity index (χ0v) is 16.5. The van der Waals surface area contributed by atoms with E-state index in [0.29, 0.717) is 0 Å². The van der Waals surface area contributed by atoms with Crippen molar-refractivity contribution in [1.82, 2.24) is 4.90 Å². The first kappa shape index (κ1) is 18.7. The maximum absolute atomic E-state index is 12.9. The van der Waals surface area contributed by atoms with Crippen LogP contribution in [0.4, 0.5) is 5.69 Å². The molecule has 0 aromatic heterocycles. The number of amides is 1. The first-order chi connectivity index (χ1) is 13.5. The summed E-state index contributed by atoms with van der Waals surface area (Å²) in [7, 11) is 0. The molecule has 5 nitrogen and oxygen atoms in total. The lowest BCUT2D eigenvalue weighted by molar-refractivity contribution is -0.132. The quantitative estimate of drug-likeness (QED) is 0.861. The summed E-state index contributed by atoms with van der Waals surface area (Å²) < 4.78 is 5.95. The molecule has 148 valence electrons. The number of carbonyl (C=O) groups is 1. The topological polar surface area (TPSA) is 53.0 Å². The molecule has 2 aliphatic rings. The van der Waals surface area contributed by atoms with Crippen LogP contribution in [0.25, 0.3) is 0 Å². The molecule has 1 aliphatic heterocycles. The first-order valence-electron chi connectivity index (χ1n) is 10.1. The molecular formula is C23H28N2O3. The highest BCUT2D eigenvalue weighted by Crippen LogP contribution is 2.49. The fraction of sp³-hybridized carbons (Fsp3) is 0.435. The summed E-state index contributed by atoms with van der Waals surface area (Å²) >= 11 is 0. The fourth-order valence-electron chi connectivity index (χ4n) is 4.07. The van der Waals surface area contributed by atoms with Gasteiger partial charge in [0.15, 0.2) is 0 Å². The Hall–Kier alpha value is -2.69. The second kappa shape index (κ2) is 7.74. The number of benzene rings is 2. The van der Waals surface area contributed by atoms with Gasteiger partial charge in [-0.05, 0) is 56.0 Å². The second-order valence-electron chi connectivity index (χ2n) is 7.99. The van der Waals surface area contributed by atoms with E-state index < -0.39 is 0 Å². The number of anilines is 1. The normalized spacial score (nSPS) is 21.7. The number of hydrogen-bond acceptors (Lipinski definition) is 4. The van der Waals surface area contributed by atoms with Crippen LogP contribution in [0, 0.1) is 5.92 Å². The van der Waals surface area contributed by atoms with Crippen molar-refractivity contribution in [3.63, 3.8) is 0 Å². The molecular weight excluding hydrogens is 352 g/mol. The van der Waals surface area contributed by atoms with Gasteiger partial charge in [-0.15, -0.1) is 0 Å². The first-order valence-corrected chi connectivity index (χ1v) is 10.1. The van der Waals surface area contributed by atoms with Crippen LogP contribution in [0.15, 0.2) is 48.5 Å². The van der Waals surface area contributed by atoms with E-state index in [2.05, 4.69) is 11.0 Å². The smallest absolute Gasteiger partial charge is 0.226 e. The summed E-state index contributed by atoms with van der Waals surface area (Å²) in [4.78, 5) is 17.2. The maximum atomic E-state index is 12.9. The van der Waals surface area contributed by atoms with E-state index in [1.165, 1.54) is 0 Å². The largest absolute Gasteiger partial charge is 0.508 e. The van der Waals surface area contributed by atoms with E-state index in [1.807, 2.05) is 49.1 Å². The summed E-state index contributed by atoms with van der Waals surface area (Å²) in [5.74, 6) is 1.73. The SMILES string of the molecule is CC(C)Oc1ccccc1N1CCN(C(=O)[C@@H]2C[C@H]2c2cccc(O)c2)CC1. The van der Waals surface area contributed by atoms with Gasteiger partial charge in [-0.25, -0.2) is 0 Å². The number of carbonyl (C=O) groups excluding carboxylic acids is 1. The molecule has 1 N–H and O–H groups in total. The van der Waals surface area contributed by atoms with Crippen LogP contribution in [0.5, 0.6) is 11.5 Å². The fourth-order valence-corrected chi connectivity index (χ4v) is 4.07. The average Bonchev–Trinajstić information content (AvgIpc) is 3.49. The van der Waals surface area contributed by atoms with Crippen molar-refractivity contribution in [3.05, 3.63) is 54.1 Å². The molecule has 1 heterocycles. The molecule has 28 heavy (non-hydrogen) atoms. The third-order valence-corrected chi connectivity index (χ3v) is 5.57. The Morgan fingerprint density at radius 3 is 2.54 bits per heavy atom. The van der Waals surface area contributed by atoms with E-state index in [-0.39, 0.29) is 29.6 Å². The number of ether oxygens (including phenoxy) is 1. The molecule has 1 saturated carbocycles. The second-order valence-corrected chi connectivity index (χ2v) is 7.99. The van der Waals surface area contributed by atoms with Gasteiger partial charge < -0.3 is 19.6 Å². The van der Waals surface area contributed by atoms with E-state index in [0.717, 1.165) is 49.6 Å². The lowest BCUT2D eigenvalue weighted by atomic mass is 10.1.